The lowest BCUT2D eigenvalue weighted by molar-refractivity contribution is 0.0949. The fourth-order valence-electron chi connectivity index (χ4n) is 3.76. The Hall–Kier alpha value is -3.73. The molecule has 1 heterocycles. The summed E-state index contributed by atoms with van der Waals surface area (Å²) in [4.78, 5) is 16.3. The molecule has 4 aromatic rings. The van der Waals surface area contributed by atoms with Crippen LogP contribution in [0, 0.1) is 0 Å². The first-order chi connectivity index (χ1) is 14.7. The second-order valence-electron chi connectivity index (χ2n) is 7.03. The molecule has 0 saturated carbocycles. The molecule has 2 N–H and O–H groups in total. The third-order valence-corrected chi connectivity index (χ3v) is 5.32. The number of ether oxygens (including phenoxy) is 2. The molecular weight excluding hydrogens is 376 g/mol. The van der Waals surface area contributed by atoms with Crippen LogP contribution in [0.2, 0.25) is 0 Å². The molecule has 0 saturated heterocycles. The average Bonchev–Trinajstić information content (AvgIpc) is 3.23. The van der Waals surface area contributed by atoms with Crippen LogP contribution < -0.4 is 14.8 Å². The number of methoxy groups -OCH3 is 2. The summed E-state index contributed by atoms with van der Waals surface area (Å²) in [5.41, 5.74) is 3.81. The molecule has 0 spiro atoms. The summed E-state index contributed by atoms with van der Waals surface area (Å²) in [5, 5.41) is 4.24. The average molecular weight is 400 g/mol. The molecule has 0 unspecified atom stereocenters. The molecule has 4 rings (SSSR count). The zero-order valence-corrected chi connectivity index (χ0v) is 17.0. The van der Waals surface area contributed by atoms with Crippen molar-refractivity contribution >= 4 is 16.8 Å². The van der Waals surface area contributed by atoms with Crippen LogP contribution in [-0.4, -0.2) is 31.7 Å². The maximum Gasteiger partial charge on any atom is 0.255 e. The minimum Gasteiger partial charge on any atom is -0.497 e. The van der Waals surface area contributed by atoms with Gasteiger partial charge in [-0.3, -0.25) is 4.79 Å². The Morgan fingerprint density at radius 2 is 1.73 bits per heavy atom. The molecule has 0 aliphatic carbocycles. The van der Waals surface area contributed by atoms with Gasteiger partial charge in [0.25, 0.3) is 5.91 Å². The van der Waals surface area contributed by atoms with Crippen molar-refractivity contribution < 1.29 is 14.3 Å². The molecule has 5 nitrogen and oxygen atoms in total. The Kier molecular flexibility index (Phi) is 5.70. The summed E-state index contributed by atoms with van der Waals surface area (Å²) in [7, 11) is 3.13. The minimum absolute atomic E-state index is 0.00269. The lowest BCUT2D eigenvalue weighted by Gasteiger charge is -2.19. The summed E-state index contributed by atoms with van der Waals surface area (Å²) in [6, 6.07) is 23.6. The fourth-order valence-corrected chi connectivity index (χ4v) is 3.76. The number of hydrogen-bond acceptors (Lipinski definition) is 3. The third kappa shape index (κ3) is 3.87. The van der Waals surface area contributed by atoms with Crippen molar-refractivity contribution in [3.63, 3.8) is 0 Å². The number of para-hydroxylation sites is 1. The molecule has 0 aliphatic rings. The number of aromatic amines is 1. The summed E-state index contributed by atoms with van der Waals surface area (Å²) in [6.07, 6.45) is 2.03. The van der Waals surface area contributed by atoms with Crippen LogP contribution in [0.1, 0.15) is 27.4 Å². The normalized spacial score (nSPS) is 11.8. The zero-order chi connectivity index (χ0) is 20.9. The van der Waals surface area contributed by atoms with Crippen LogP contribution in [0.5, 0.6) is 11.5 Å². The van der Waals surface area contributed by atoms with E-state index in [4.69, 9.17) is 9.47 Å². The van der Waals surface area contributed by atoms with Gasteiger partial charge in [-0.25, -0.2) is 0 Å². The number of H-pyrrole nitrogens is 1. The predicted molar refractivity (Wildman–Crippen MR) is 118 cm³/mol. The van der Waals surface area contributed by atoms with Gasteiger partial charge in [-0.15, -0.1) is 0 Å². The van der Waals surface area contributed by atoms with Gasteiger partial charge in [-0.1, -0.05) is 48.5 Å². The van der Waals surface area contributed by atoms with E-state index in [0.717, 1.165) is 22.0 Å². The van der Waals surface area contributed by atoms with Crippen LogP contribution in [-0.2, 0) is 0 Å². The Labute approximate surface area is 175 Å². The molecule has 1 amide bonds. The van der Waals surface area contributed by atoms with E-state index in [1.165, 1.54) is 0 Å². The van der Waals surface area contributed by atoms with Gasteiger partial charge in [0.15, 0.2) is 0 Å². The lowest BCUT2D eigenvalue weighted by atomic mass is 9.91. The first kappa shape index (κ1) is 19.6. The van der Waals surface area contributed by atoms with Gasteiger partial charge in [-0.05, 0) is 35.4 Å². The van der Waals surface area contributed by atoms with E-state index in [9.17, 15) is 4.79 Å². The topological polar surface area (TPSA) is 63.4 Å². The van der Waals surface area contributed by atoms with Gasteiger partial charge in [0.1, 0.15) is 11.5 Å². The molecule has 0 radical (unpaired) electrons. The number of carbonyl (C=O) groups excluding carboxylic acids is 1. The van der Waals surface area contributed by atoms with E-state index < -0.39 is 0 Å². The Balaban J connectivity index is 1.65. The molecule has 0 bridgehead atoms. The summed E-state index contributed by atoms with van der Waals surface area (Å²) >= 11 is 0. The second-order valence-corrected chi connectivity index (χ2v) is 7.03. The SMILES string of the molecule is COc1ccc(OC)c(C(=O)NC[C@@H](c2ccccc2)c2c[nH]c3ccccc23)c1. The van der Waals surface area contributed by atoms with E-state index in [1.54, 1.807) is 32.4 Å². The number of hydrogen-bond donors (Lipinski definition) is 2. The van der Waals surface area contributed by atoms with Gasteiger partial charge >= 0.3 is 0 Å². The van der Waals surface area contributed by atoms with Crippen LogP contribution in [0.15, 0.2) is 79.0 Å². The van der Waals surface area contributed by atoms with Gasteiger partial charge < -0.3 is 19.8 Å². The van der Waals surface area contributed by atoms with Crippen molar-refractivity contribution in [2.45, 2.75) is 5.92 Å². The standard InChI is InChI=1S/C25H24N2O3/c1-29-18-12-13-24(30-2)20(14-18)25(28)27-15-21(17-8-4-3-5-9-17)22-16-26-23-11-7-6-10-19(22)23/h3-14,16,21,26H,15H2,1-2H3,(H,27,28)/t21-/m0/s1. The lowest BCUT2D eigenvalue weighted by Crippen LogP contribution is -2.29. The first-order valence-electron chi connectivity index (χ1n) is 9.82. The van der Waals surface area contributed by atoms with Gasteiger partial charge in [-0.2, -0.15) is 0 Å². The molecular formula is C25H24N2O3. The second kappa shape index (κ2) is 8.74. The maximum atomic E-state index is 13.0. The van der Waals surface area contributed by atoms with Crippen LogP contribution in [0.25, 0.3) is 10.9 Å². The molecule has 1 aromatic heterocycles. The van der Waals surface area contributed by atoms with E-state index in [1.807, 2.05) is 36.5 Å². The minimum atomic E-state index is -0.202. The zero-order valence-electron chi connectivity index (χ0n) is 17.0. The number of rotatable bonds is 7. The maximum absolute atomic E-state index is 13.0. The highest BCUT2D eigenvalue weighted by molar-refractivity contribution is 5.97. The largest absolute Gasteiger partial charge is 0.497 e. The van der Waals surface area contributed by atoms with Crippen molar-refractivity contribution in [1.29, 1.82) is 0 Å². The number of amides is 1. The molecule has 3 aromatic carbocycles. The summed E-state index contributed by atoms with van der Waals surface area (Å²) in [6.45, 7) is 0.449. The van der Waals surface area contributed by atoms with E-state index >= 15 is 0 Å². The Bertz CT molecular complexity index is 1150. The molecule has 0 aliphatic heterocycles. The van der Waals surface area contributed by atoms with Gasteiger partial charge in [0.05, 0.1) is 19.8 Å². The van der Waals surface area contributed by atoms with Crippen molar-refractivity contribution in [2.75, 3.05) is 20.8 Å². The first-order valence-corrected chi connectivity index (χ1v) is 9.82. The highest BCUT2D eigenvalue weighted by Gasteiger charge is 2.20. The molecule has 5 heteroatoms. The van der Waals surface area contributed by atoms with Crippen LogP contribution in [0.4, 0.5) is 0 Å². The van der Waals surface area contributed by atoms with E-state index in [2.05, 4.69) is 34.6 Å². The summed E-state index contributed by atoms with van der Waals surface area (Å²) < 4.78 is 10.6. The number of aromatic nitrogens is 1. The van der Waals surface area contributed by atoms with E-state index in [0.29, 0.717) is 23.6 Å². The van der Waals surface area contributed by atoms with Crippen molar-refractivity contribution in [3.05, 3.63) is 95.7 Å². The number of fused-ring (bicyclic) bond motifs is 1. The van der Waals surface area contributed by atoms with Gasteiger partial charge in [0, 0.05) is 29.6 Å². The predicted octanol–water partition coefficient (Wildman–Crippen LogP) is 4.75. The van der Waals surface area contributed by atoms with E-state index in [-0.39, 0.29) is 11.8 Å². The number of nitrogens with one attached hydrogen (secondary N) is 2. The molecule has 152 valence electrons. The van der Waals surface area contributed by atoms with Crippen molar-refractivity contribution in [1.82, 2.24) is 10.3 Å². The monoisotopic (exact) mass is 400 g/mol. The quantitative estimate of drug-likeness (QED) is 0.471. The highest BCUT2D eigenvalue weighted by atomic mass is 16.5. The molecule has 0 fully saturated rings. The summed E-state index contributed by atoms with van der Waals surface area (Å²) in [5.74, 6) is 0.920. The Morgan fingerprint density at radius 3 is 2.50 bits per heavy atom. The molecule has 1 atom stereocenters. The fraction of sp³-hybridized carbons (Fsp3) is 0.160. The molecule has 30 heavy (non-hydrogen) atoms. The highest BCUT2D eigenvalue weighted by Crippen LogP contribution is 2.31. The van der Waals surface area contributed by atoms with Crippen LogP contribution in [0.3, 0.4) is 0 Å². The number of carbonyl (C=O) groups is 1. The van der Waals surface area contributed by atoms with Crippen molar-refractivity contribution in [3.8, 4) is 11.5 Å². The third-order valence-electron chi connectivity index (χ3n) is 5.32. The van der Waals surface area contributed by atoms with Crippen molar-refractivity contribution in [2.24, 2.45) is 0 Å². The van der Waals surface area contributed by atoms with Crippen LogP contribution >= 0.6 is 0 Å². The van der Waals surface area contributed by atoms with Gasteiger partial charge in [0.2, 0.25) is 0 Å². The smallest absolute Gasteiger partial charge is 0.255 e. The number of benzene rings is 3. The Morgan fingerprint density at radius 1 is 0.967 bits per heavy atom.